The van der Waals surface area contributed by atoms with E-state index in [-0.39, 0.29) is 0 Å². The largest absolute Gasteiger partial charge is 0.381 e. The third kappa shape index (κ3) is 3.16. The molecule has 3 nitrogen and oxygen atoms in total. The standard InChI is InChI=1S/C11H15ClN2O/c12-11-7-13-3-1-10(11)6-14-5-9-2-4-15-8-9/h1,3,7,9,14H,2,4-6,8H2. The van der Waals surface area contributed by atoms with Gasteiger partial charge in [-0.2, -0.15) is 0 Å². The predicted molar refractivity (Wildman–Crippen MR) is 59.9 cm³/mol. The van der Waals surface area contributed by atoms with Crippen molar-refractivity contribution in [3.8, 4) is 0 Å². The number of halogens is 1. The highest BCUT2D eigenvalue weighted by Gasteiger charge is 2.14. The third-order valence-corrected chi connectivity index (χ3v) is 2.97. The zero-order valence-corrected chi connectivity index (χ0v) is 9.33. The summed E-state index contributed by atoms with van der Waals surface area (Å²) >= 11 is 5.99. The van der Waals surface area contributed by atoms with Crippen LogP contribution in [0.4, 0.5) is 0 Å². The van der Waals surface area contributed by atoms with Gasteiger partial charge < -0.3 is 10.1 Å². The maximum absolute atomic E-state index is 5.99. The number of aromatic nitrogens is 1. The molecule has 82 valence electrons. The van der Waals surface area contributed by atoms with Crippen molar-refractivity contribution in [2.45, 2.75) is 13.0 Å². The van der Waals surface area contributed by atoms with Gasteiger partial charge in [0.25, 0.3) is 0 Å². The van der Waals surface area contributed by atoms with Crippen LogP contribution in [-0.4, -0.2) is 24.7 Å². The number of pyridine rings is 1. The molecule has 0 radical (unpaired) electrons. The molecule has 1 aliphatic heterocycles. The monoisotopic (exact) mass is 226 g/mol. The molecule has 1 unspecified atom stereocenters. The normalized spacial score (nSPS) is 20.7. The highest BCUT2D eigenvalue weighted by molar-refractivity contribution is 6.31. The van der Waals surface area contributed by atoms with Gasteiger partial charge in [-0.3, -0.25) is 4.98 Å². The van der Waals surface area contributed by atoms with Crippen molar-refractivity contribution in [3.63, 3.8) is 0 Å². The molecule has 1 N–H and O–H groups in total. The Morgan fingerprint density at radius 3 is 3.27 bits per heavy atom. The van der Waals surface area contributed by atoms with Crippen LogP contribution >= 0.6 is 11.6 Å². The van der Waals surface area contributed by atoms with Crippen LogP contribution in [0.5, 0.6) is 0 Å². The number of nitrogens with zero attached hydrogens (tertiary/aromatic N) is 1. The van der Waals surface area contributed by atoms with E-state index in [1.165, 1.54) is 0 Å². The topological polar surface area (TPSA) is 34.2 Å². The van der Waals surface area contributed by atoms with E-state index in [1.807, 2.05) is 6.07 Å². The first-order valence-electron chi connectivity index (χ1n) is 5.23. The van der Waals surface area contributed by atoms with E-state index in [1.54, 1.807) is 12.4 Å². The molecule has 1 aliphatic rings. The fourth-order valence-corrected chi connectivity index (χ4v) is 1.89. The van der Waals surface area contributed by atoms with Gasteiger partial charge in [0.1, 0.15) is 0 Å². The number of ether oxygens (including phenoxy) is 1. The van der Waals surface area contributed by atoms with Crippen molar-refractivity contribution >= 4 is 11.6 Å². The summed E-state index contributed by atoms with van der Waals surface area (Å²) in [7, 11) is 0. The Morgan fingerprint density at radius 2 is 2.53 bits per heavy atom. The summed E-state index contributed by atoms with van der Waals surface area (Å²) in [5, 5.41) is 4.12. The molecule has 4 heteroatoms. The molecule has 1 aromatic rings. The first-order valence-corrected chi connectivity index (χ1v) is 5.61. The van der Waals surface area contributed by atoms with E-state index >= 15 is 0 Å². The quantitative estimate of drug-likeness (QED) is 0.851. The van der Waals surface area contributed by atoms with E-state index < -0.39 is 0 Å². The second kappa shape index (κ2) is 5.45. The van der Waals surface area contributed by atoms with Crippen LogP contribution in [0, 0.1) is 5.92 Å². The van der Waals surface area contributed by atoms with Crippen molar-refractivity contribution < 1.29 is 4.74 Å². The van der Waals surface area contributed by atoms with Crippen LogP contribution in [0.3, 0.4) is 0 Å². The zero-order valence-electron chi connectivity index (χ0n) is 8.58. The first kappa shape index (κ1) is 10.9. The lowest BCUT2D eigenvalue weighted by Crippen LogP contribution is -2.22. The summed E-state index contributed by atoms with van der Waals surface area (Å²) < 4.78 is 5.31. The molecule has 1 atom stereocenters. The van der Waals surface area contributed by atoms with E-state index in [2.05, 4.69) is 10.3 Å². The molecule has 0 spiro atoms. The Morgan fingerprint density at radius 1 is 1.60 bits per heavy atom. The third-order valence-electron chi connectivity index (χ3n) is 2.63. The fourth-order valence-electron chi connectivity index (χ4n) is 1.70. The van der Waals surface area contributed by atoms with Gasteiger partial charge in [0, 0.05) is 32.1 Å². The molecule has 0 aliphatic carbocycles. The molecule has 1 aromatic heterocycles. The van der Waals surface area contributed by atoms with Gasteiger partial charge >= 0.3 is 0 Å². The Labute approximate surface area is 94.8 Å². The zero-order chi connectivity index (χ0) is 10.5. The fraction of sp³-hybridized carbons (Fsp3) is 0.545. The molecule has 1 saturated heterocycles. The lowest BCUT2D eigenvalue weighted by molar-refractivity contribution is 0.185. The van der Waals surface area contributed by atoms with Crippen LogP contribution in [0.15, 0.2) is 18.5 Å². The highest BCUT2D eigenvalue weighted by Crippen LogP contribution is 2.14. The summed E-state index contributed by atoms with van der Waals surface area (Å²) in [5.74, 6) is 0.658. The minimum absolute atomic E-state index is 0.658. The summed E-state index contributed by atoms with van der Waals surface area (Å²) in [6.07, 6.45) is 4.61. The van der Waals surface area contributed by atoms with Crippen molar-refractivity contribution in [2.24, 2.45) is 5.92 Å². The van der Waals surface area contributed by atoms with Gasteiger partial charge in [0.15, 0.2) is 0 Å². The molecule has 0 amide bonds. The van der Waals surface area contributed by atoms with E-state index in [9.17, 15) is 0 Å². The van der Waals surface area contributed by atoms with Gasteiger partial charge in [-0.25, -0.2) is 0 Å². The maximum atomic E-state index is 5.99. The van der Waals surface area contributed by atoms with Gasteiger partial charge in [0.2, 0.25) is 0 Å². The van der Waals surface area contributed by atoms with Gasteiger partial charge in [-0.1, -0.05) is 11.6 Å². The molecule has 15 heavy (non-hydrogen) atoms. The molecule has 2 rings (SSSR count). The summed E-state index contributed by atoms with van der Waals surface area (Å²) in [6.45, 7) is 3.59. The Hall–Kier alpha value is -0.640. The number of rotatable bonds is 4. The first-order chi connectivity index (χ1) is 7.36. The second-order valence-electron chi connectivity index (χ2n) is 3.83. The van der Waals surface area contributed by atoms with Crippen molar-refractivity contribution in [3.05, 3.63) is 29.0 Å². The highest BCUT2D eigenvalue weighted by atomic mass is 35.5. The number of hydrogen-bond acceptors (Lipinski definition) is 3. The Balaban J connectivity index is 1.75. The van der Waals surface area contributed by atoms with E-state index in [0.29, 0.717) is 5.92 Å². The second-order valence-corrected chi connectivity index (χ2v) is 4.23. The van der Waals surface area contributed by atoms with E-state index in [0.717, 1.165) is 43.3 Å². The summed E-state index contributed by atoms with van der Waals surface area (Å²) in [6, 6.07) is 1.94. The van der Waals surface area contributed by atoms with Crippen LogP contribution in [-0.2, 0) is 11.3 Å². The van der Waals surface area contributed by atoms with Crippen LogP contribution in [0.1, 0.15) is 12.0 Å². The average Bonchev–Trinajstić information content (AvgIpc) is 2.74. The smallest absolute Gasteiger partial charge is 0.0634 e. The lowest BCUT2D eigenvalue weighted by Gasteiger charge is -2.09. The lowest BCUT2D eigenvalue weighted by atomic mass is 10.1. The van der Waals surface area contributed by atoms with Gasteiger partial charge in [-0.15, -0.1) is 0 Å². The van der Waals surface area contributed by atoms with Crippen molar-refractivity contribution in [2.75, 3.05) is 19.8 Å². The van der Waals surface area contributed by atoms with Crippen LogP contribution in [0.25, 0.3) is 0 Å². The number of hydrogen-bond donors (Lipinski definition) is 1. The van der Waals surface area contributed by atoms with Crippen LogP contribution < -0.4 is 5.32 Å². The minimum Gasteiger partial charge on any atom is -0.381 e. The van der Waals surface area contributed by atoms with Crippen LogP contribution in [0.2, 0.25) is 5.02 Å². The molecular weight excluding hydrogens is 212 g/mol. The predicted octanol–water partition coefficient (Wildman–Crippen LogP) is 1.86. The summed E-state index contributed by atoms with van der Waals surface area (Å²) in [4.78, 5) is 3.95. The SMILES string of the molecule is Clc1cnccc1CNCC1CCOC1. The van der Waals surface area contributed by atoms with Gasteiger partial charge in [-0.05, 0) is 24.0 Å². The summed E-state index contributed by atoms with van der Waals surface area (Å²) in [5.41, 5.74) is 1.10. The molecule has 0 bridgehead atoms. The van der Waals surface area contributed by atoms with E-state index in [4.69, 9.17) is 16.3 Å². The average molecular weight is 227 g/mol. The van der Waals surface area contributed by atoms with Crippen molar-refractivity contribution in [1.29, 1.82) is 0 Å². The Kier molecular flexibility index (Phi) is 3.94. The molecule has 1 fully saturated rings. The molecule has 0 saturated carbocycles. The Bertz CT molecular complexity index is 313. The number of nitrogens with one attached hydrogen (secondary N) is 1. The maximum Gasteiger partial charge on any atom is 0.0634 e. The van der Waals surface area contributed by atoms with Gasteiger partial charge in [0.05, 0.1) is 11.6 Å². The minimum atomic E-state index is 0.658. The molecular formula is C11H15ClN2O. The van der Waals surface area contributed by atoms with Crippen molar-refractivity contribution in [1.82, 2.24) is 10.3 Å². The molecule has 0 aromatic carbocycles. The molecule has 2 heterocycles.